The number of hydrogen-bond donors (Lipinski definition) is 1. The third kappa shape index (κ3) is 4.93. The zero-order valence-corrected chi connectivity index (χ0v) is 19.6. The van der Waals surface area contributed by atoms with E-state index in [-0.39, 0.29) is 17.6 Å². The van der Waals surface area contributed by atoms with Crippen molar-refractivity contribution >= 4 is 11.4 Å². The minimum Gasteiger partial charge on any atom is -0.337 e. The van der Waals surface area contributed by atoms with Crippen LogP contribution >= 0.6 is 0 Å². The van der Waals surface area contributed by atoms with Crippen LogP contribution in [-0.4, -0.2) is 67.7 Å². The Morgan fingerprint density at radius 3 is 2.39 bits per heavy atom. The van der Waals surface area contributed by atoms with Gasteiger partial charge in [0.05, 0.1) is 0 Å². The standard InChI is InChI=1S/C27H36F2N4/c1-2-22-18-32(16-12-30-22)14-4-3-13-31-15-11-27-25(19-31)24-17-21(29)7-10-26(24)33(27)23-8-5-20(28)6-9-23/h5-10,17,22,25,27,30H,2-4,11-16,18-19H2,1H3/t22?,25-,27+/m0/s1. The lowest BCUT2D eigenvalue weighted by atomic mass is 9.89. The van der Waals surface area contributed by atoms with Crippen LogP contribution in [0.2, 0.25) is 0 Å². The Morgan fingerprint density at radius 2 is 1.64 bits per heavy atom. The van der Waals surface area contributed by atoms with Crippen molar-refractivity contribution in [3.63, 3.8) is 0 Å². The highest BCUT2D eigenvalue weighted by Gasteiger charge is 2.42. The van der Waals surface area contributed by atoms with Crippen LogP contribution in [-0.2, 0) is 0 Å². The van der Waals surface area contributed by atoms with Crippen molar-refractivity contribution < 1.29 is 8.78 Å². The number of nitrogens with one attached hydrogen (secondary N) is 1. The van der Waals surface area contributed by atoms with Crippen LogP contribution in [0, 0.1) is 11.6 Å². The largest absolute Gasteiger partial charge is 0.337 e. The van der Waals surface area contributed by atoms with E-state index in [9.17, 15) is 8.78 Å². The van der Waals surface area contributed by atoms with Gasteiger partial charge in [-0.1, -0.05) is 6.92 Å². The molecule has 3 aliphatic rings. The van der Waals surface area contributed by atoms with Crippen LogP contribution in [0.15, 0.2) is 42.5 Å². The molecule has 0 aromatic heterocycles. The number of fused-ring (bicyclic) bond motifs is 3. The monoisotopic (exact) mass is 454 g/mol. The second-order valence-corrected chi connectivity index (χ2v) is 9.88. The number of anilines is 2. The molecule has 1 unspecified atom stereocenters. The molecule has 3 atom stereocenters. The summed E-state index contributed by atoms with van der Waals surface area (Å²) in [4.78, 5) is 7.48. The van der Waals surface area contributed by atoms with Gasteiger partial charge >= 0.3 is 0 Å². The van der Waals surface area contributed by atoms with E-state index in [4.69, 9.17) is 0 Å². The molecule has 0 amide bonds. The van der Waals surface area contributed by atoms with E-state index in [1.165, 1.54) is 44.5 Å². The van der Waals surface area contributed by atoms with Crippen LogP contribution in [0.4, 0.5) is 20.2 Å². The van der Waals surface area contributed by atoms with Crippen molar-refractivity contribution in [2.24, 2.45) is 0 Å². The van der Waals surface area contributed by atoms with Gasteiger partial charge in [0.2, 0.25) is 0 Å². The predicted octanol–water partition coefficient (Wildman–Crippen LogP) is 4.74. The van der Waals surface area contributed by atoms with Crippen molar-refractivity contribution in [3.8, 4) is 0 Å². The lowest BCUT2D eigenvalue weighted by Crippen LogP contribution is -2.50. The molecule has 0 saturated carbocycles. The maximum absolute atomic E-state index is 14.2. The Bertz CT molecular complexity index is 934. The maximum Gasteiger partial charge on any atom is 0.123 e. The summed E-state index contributed by atoms with van der Waals surface area (Å²) in [7, 11) is 0. The van der Waals surface area contributed by atoms with Gasteiger partial charge in [0, 0.05) is 62.1 Å². The molecule has 0 radical (unpaired) electrons. The summed E-state index contributed by atoms with van der Waals surface area (Å²) in [5.41, 5.74) is 3.16. The Kier molecular flexibility index (Phi) is 6.95. The smallest absolute Gasteiger partial charge is 0.123 e. The number of hydrogen-bond acceptors (Lipinski definition) is 4. The molecule has 178 valence electrons. The predicted molar refractivity (Wildman–Crippen MR) is 130 cm³/mol. The van der Waals surface area contributed by atoms with Gasteiger partial charge in [-0.15, -0.1) is 0 Å². The number of piperidine rings is 1. The van der Waals surface area contributed by atoms with Gasteiger partial charge in [0.15, 0.2) is 0 Å². The van der Waals surface area contributed by atoms with E-state index >= 15 is 0 Å². The minimum absolute atomic E-state index is 0.174. The lowest BCUT2D eigenvalue weighted by Gasteiger charge is -2.39. The summed E-state index contributed by atoms with van der Waals surface area (Å²) in [5.74, 6) is -0.116. The third-order valence-corrected chi connectivity index (χ3v) is 7.78. The van der Waals surface area contributed by atoms with Gasteiger partial charge in [-0.05, 0) is 86.8 Å². The van der Waals surface area contributed by atoms with Crippen LogP contribution in [0.1, 0.15) is 44.1 Å². The van der Waals surface area contributed by atoms with Crippen LogP contribution in [0.25, 0.3) is 0 Å². The van der Waals surface area contributed by atoms with Crippen LogP contribution in [0.5, 0.6) is 0 Å². The topological polar surface area (TPSA) is 21.8 Å². The fourth-order valence-corrected chi connectivity index (χ4v) is 6.02. The van der Waals surface area contributed by atoms with Crippen molar-refractivity contribution in [2.75, 3.05) is 50.7 Å². The van der Waals surface area contributed by atoms with E-state index in [1.54, 1.807) is 12.1 Å². The van der Waals surface area contributed by atoms with Gasteiger partial charge < -0.3 is 20.0 Å². The zero-order chi connectivity index (χ0) is 22.8. The number of rotatable bonds is 7. The van der Waals surface area contributed by atoms with E-state index in [1.807, 2.05) is 18.2 Å². The van der Waals surface area contributed by atoms with Crippen molar-refractivity contribution in [2.45, 2.75) is 50.6 Å². The third-order valence-electron chi connectivity index (χ3n) is 7.78. The SMILES string of the molecule is CCC1CN(CCCCN2CC[C@@H]3[C@@H](C2)c2cc(F)ccc2N3c2ccc(F)cc2)CCN1. The normalized spacial score (nSPS) is 25.8. The first-order valence-corrected chi connectivity index (χ1v) is 12.6. The molecule has 0 spiro atoms. The first-order chi connectivity index (χ1) is 16.1. The number of piperazine rings is 1. The molecule has 2 aromatic rings. The molecule has 2 saturated heterocycles. The van der Waals surface area contributed by atoms with E-state index in [0.29, 0.717) is 12.1 Å². The highest BCUT2D eigenvalue weighted by Crippen LogP contribution is 2.48. The fraction of sp³-hybridized carbons (Fsp3) is 0.556. The summed E-state index contributed by atoms with van der Waals surface area (Å²) in [6.45, 7) is 10.0. The molecule has 6 heteroatoms. The molecule has 3 heterocycles. The molecule has 0 bridgehead atoms. The number of likely N-dealkylation sites (tertiary alicyclic amines) is 1. The molecule has 33 heavy (non-hydrogen) atoms. The Hall–Kier alpha value is -2.02. The minimum atomic E-state index is -0.227. The number of halogens is 2. The zero-order valence-electron chi connectivity index (χ0n) is 19.6. The van der Waals surface area contributed by atoms with E-state index < -0.39 is 0 Å². The summed E-state index contributed by atoms with van der Waals surface area (Å²) in [6, 6.07) is 12.8. The highest BCUT2D eigenvalue weighted by atomic mass is 19.1. The summed E-state index contributed by atoms with van der Waals surface area (Å²) in [5, 5.41) is 3.59. The van der Waals surface area contributed by atoms with Gasteiger partial charge in [-0.25, -0.2) is 8.78 Å². The second kappa shape index (κ2) is 10.1. The van der Waals surface area contributed by atoms with E-state index in [2.05, 4.69) is 26.9 Å². The molecule has 4 nitrogen and oxygen atoms in total. The average molecular weight is 455 g/mol. The molecular weight excluding hydrogens is 418 g/mol. The summed E-state index contributed by atoms with van der Waals surface area (Å²) < 4.78 is 27.7. The Morgan fingerprint density at radius 1 is 0.909 bits per heavy atom. The van der Waals surface area contributed by atoms with Crippen molar-refractivity contribution in [1.29, 1.82) is 0 Å². The second-order valence-electron chi connectivity index (χ2n) is 9.88. The molecule has 5 rings (SSSR count). The highest BCUT2D eigenvalue weighted by molar-refractivity contribution is 5.73. The van der Waals surface area contributed by atoms with Crippen LogP contribution < -0.4 is 10.2 Å². The van der Waals surface area contributed by atoms with Gasteiger partial charge in [0.25, 0.3) is 0 Å². The lowest BCUT2D eigenvalue weighted by molar-refractivity contribution is 0.174. The summed E-state index contributed by atoms with van der Waals surface area (Å²) >= 11 is 0. The first-order valence-electron chi connectivity index (χ1n) is 12.6. The Labute approximate surface area is 196 Å². The Balaban J connectivity index is 1.21. The average Bonchev–Trinajstić information content (AvgIpc) is 3.15. The van der Waals surface area contributed by atoms with Crippen molar-refractivity contribution in [3.05, 3.63) is 59.7 Å². The molecule has 2 aromatic carbocycles. The van der Waals surface area contributed by atoms with Crippen molar-refractivity contribution in [1.82, 2.24) is 15.1 Å². The van der Waals surface area contributed by atoms with Gasteiger partial charge in [-0.3, -0.25) is 0 Å². The number of nitrogens with zero attached hydrogens (tertiary/aromatic N) is 3. The number of benzene rings is 2. The van der Waals surface area contributed by atoms with Crippen LogP contribution in [0.3, 0.4) is 0 Å². The van der Waals surface area contributed by atoms with E-state index in [0.717, 1.165) is 56.1 Å². The molecule has 0 aliphatic carbocycles. The van der Waals surface area contributed by atoms with Gasteiger partial charge in [-0.2, -0.15) is 0 Å². The quantitative estimate of drug-likeness (QED) is 0.610. The first kappa shape index (κ1) is 22.8. The fourth-order valence-electron chi connectivity index (χ4n) is 6.02. The maximum atomic E-state index is 14.2. The summed E-state index contributed by atoms with van der Waals surface area (Å²) in [6.07, 6.45) is 4.67. The van der Waals surface area contributed by atoms with Gasteiger partial charge in [0.1, 0.15) is 11.6 Å². The molecule has 1 N–H and O–H groups in total. The molecule has 2 fully saturated rings. The number of unbranched alkanes of at least 4 members (excludes halogenated alkanes) is 1. The molecular formula is C27H36F2N4. The molecule has 3 aliphatic heterocycles.